The second-order valence-electron chi connectivity index (χ2n) is 5.70. The summed E-state index contributed by atoms with van der Waals surface area (Å²) in [4.78, 5) is 13.4. The van der Waals surface area contributed by atoms with Crippen molar-refractivity contribution >= 4 is 5.69 Å². The van der Waals surface area contributed by atoms with E-state index in [0.29, 0.717) is 12.0 Å². The lowest BCUT2D eigenvalue weighted by atomic mass is 9.92. The summed E-state index contributed by atoms with van der Waals surface area (Å²) in [5, 5.41) is 14.5. The molecule has 2 atom stereocenters. The number of hydrogen-bond donors (Lipinski definition) is 1. The number of nitro benzene ring substituents is 1. The molecule has 2 unspecified atom stereocenters. The molecule has 1 N–H and O–H groups in total. The Bertz CT molecular complexity index is 476. The van der Waals surface area contributed by atoms with Gasteiger partial charge in [-0.15, -0.1) is 0 Å². The molecule has 1 saturated heterocycles. The first-order valence-corrected chi connectivity index (χ1v) is 7.20. The van der Waals surface area contributed by atoms with Gasteiger partial charge in [-0.3, -0.25) is 15.0 Å². The van der Waals surface area contributed by atoms with Crippen LogP contribution in [-0.4, -0.2) is 36.0 Å². The molecule has 110 valence electrons. The molecule has 1 heterocycles. The number of likely N-dealkylation sites (tertiary alicyclic amines) is 1. The maximum atomic E-state index is 11.3. The van der Waals surface area contributed by atoms with E-state index in [0.717, 1.165) is 25.1 Å². The van der Waals surface area contributed by atoms with Gasteiger partial charge in [0.05, 0.1) is 4.92 Å². The summed E-state index contributed by atoms with van der Waals surface area (Å²) in [7, 11) is 1.94. The molecule has 0 aromatic heterocycles. The lowest BCUT2D eigenvalue weighted by molar-refractivity contribution is -0.386. The van der Waals surface area contributed by atoms with Gasteiger partial charge in [-0.05, 0) is 46.3 Å². The Labute approximate surface area is 120 Å². The SMILES string of the molecule is CNCC1CCN(C(C)C)C1c1ccccc1[N+](=O)[O-]. The van der Waals surface area contributed by atoms with Gasteiger partial charge in [0.2, 0.25) is 0 Å². The number of nitrogens with zero attached hydrogens (tertiary/aromatic N) is 2. The third-order valence-corrected chi connectivity index (χ3v) is 4.14. The molecule has 0 saturated carbocycles. The van der Waals surface area contributed by atoms with Crippen LogP contribution in [0.15, 0.2) is 24.3 Å². The number of nitrogens with one attached hydrogen (secondary N) is 1. The first-order valence-electron chi connectivity index (χ1n) is 7.20. The van der Waals surface area contributed by atoms with Crippen molar-refractivity contribution in [2.75, 3.05) is 20.1 Å². The van der Waals surface area contributed by atoms with Crippen molar-refractivity contribution in [3.8, 4) is 0 Å². The Morgan fingerprint density at radius 1 is 1.45 bits per heavy atom. The van der Waals surface area contributed by atoms with Crippen molar-refractivity contribution in [3.05, 3.63) is 39.9 Å². The molecule has 0 amide bonds. The summed E-state index contributed by atoms with van der Waals surface area (Å²) in [5.41, 5.74) is 1.09. The Balaban J connectivity index is 2.41. The van der Waals surface area contributed by atoms with Crippen LogP contribution < -0.4 is 5.32 Å². The predicted molar refractivity (Wildman–Crippen MR) is 79.7 cm³/mol. The monoisotopic (exact) mass is 277 g/mol. The van der Waals surface area contributed by atoms with Gasteiger partial charge < -0.3 is 5.32 Å². The number of para-hydroxylation sites is 1. The van der Waals surface area contributed by atoms with Crippen LogP contribution in [0.2, 0.25) is 0 Å². The van der Waals surface area contributed by atoms with Gasteiger partial charge in [-0.25, -0.2) is 0 Å². The third kappa shape index (κ3) is 2.83. The highest BCUT2D eigenvalue weighted by atomic mass is 16.6. The van der Waals surface area contributed by atoms with E-state index >= 15 is 0 Å². The minimum Gasteiger partial charge on any atom is -0.319 e. The molecule has 5 heteroatoms. The molecule has 1 aliphatic rings. The maximum Gasteiger partial charge on any atom is 0.274 e. The van der Waals surface area contributed by atoms with Crippen LogP contribution in [0.1, 0.15) is 31.9 Å². The second-order valence-corrected chi connectivity index (χ2v) is 5.70. The molecule has 1 fully saturated rings. The van der Waals surface area contributed by atoms with Gasteiger partial charge in [-0.2, -0.15) is 0 Å². The number of rotatable bonds is 5. The molecule has 0 aliphatic carbocycles. The fourth-order valence-corrected chi connectivity index (χ4v) is 3.27. The molecule has 0 spiro atoms. The molecule has 20 heavy (non-hydrogen) atoms. The molecule has 5 nitrogen and oxygen atoms in total. The van der Waals surface area contributed by atoms with E-state index in [-0.39, 0.29) is 16.7 Å². The van der Waals surface area contributed by atoms with Gasteiger partial charge in [0, 0.05) is 23.7 Å². The normalized spacial score (nSPS) is 23.4. The average Bonchev–Trinajstić information content (AvgIpc) is 2.83. The first kappa shape index (κ1) is 14.9. The lowest BCUT2D eigenvalue weighted by Gasteiger charge is -2.31. The van der Waals surface area contributed by atoms with Gasteiger partial charge in [0.25, 0.3) is 5.69 Å². The zero-order valence-electron chi connectivity index (χ0n) is 12.4. The number of hydrogen-bond acceptors (Lipinski definition) is 4. The summed E-state index contributed by atoms with van der Waals surface area (Å²) >= 11 is 0. The molecule has 0 radical (unpaired) electrons. The van der Waals surface area contributed by atoms with E-state index < -0.39 is 0 Å². The Morgan fingerprint density at radius 3 is 2.75 bits per heavy atom. The smallest absolute Gasteiger partial charge is 0.274 e. The Hall–Kier alpha value is -1.46. The quantitative estimate of drug-likeness (QED) is 0.664. The highest BCUT2D eigenvalue weighted by Crippen LogP contribution is 2.41. The summed E-state index contributed by atoms with van der Waals surface area (Å²) in [6.07, 6.45) is 1.08. The molecule has 0 bridgehead atoms. The van der Waals surface area contributed by atoms with E-state index in [1.807, 2.05) is 19.2 Å². The van der Waals surface area contributed by atoms with Crippen LogP contribution in [0, 0.1) is 16.0 Å². The fourth-order valence-electron chi connectivity index (χ4n) is 3.27. The van der Waals surface area contributed by atoms with Crippen LogP contribution in [0.3, 0.4) is 0 Å². The lowest BCUT2D eigenvalue weighted by Crippen LogP contribution is -2.34. The zero-order chi connectivity index (χ0) is 14.7. The molecule has 1 aromatic carbocycles. The van der Waals surface area contributed by atoms with E-state index in [1.165, 1.54) is 0 Å². The molecule has 2 rings (SSSR count). The van der Waals surface area contributed by atoms with E-state index in [9.17, 15) is 10.1 Å². The molecule has 1 aliphatic heterocycles. The Morgan fingerprint density at radius 2 is 2.15 bits per heavy atom. The van der Waals surface area contributed by atoms with Gasteiger partial charge in [0.15, 0.2) is 0 Å². The van der Waals surface area contributed by atoms with Gasteiger partial charge in [-0.1, -0.05) is 18.2 Å². The Kier molecular flexibility index (Phi) is 4.73. The van der Waals surface area contributed by atoms with Crippen molar-refractivity contribution in [2.24, 2.45) is 5.92 Å². The van der Waals surface area contributed by atoms with Crippen molar-refractivity contribution < 1.29 is 4.92 Å². The predicted octanol–water partition coefficient (Wildman–Crippen LogP) is 2.59. The van der Waals surface area contributed by atoms with Crippen LogP contribution in [0.4, 0.5) is 5.69 Å². The van der Waals surface area contributed by atoms with Crippen molar-refractivity contribution in [3.63, 3.8) is 0 Å². The summed E-state index contributed by atoms with van der Waals surface area (Å²) in [5.74, 6) is 0.420. The average molecular weight is 277 g/mol. The van der Waals surface area contributed by atoms with E-state index in [1.54, 1.807) is 12.1 Å². The highest BCUT2D eigenvalue weighted by Gasteiger charge is 2.39. The third-order valence-electron chi connectivity index (χ3n) is 4.14. The van der Waals surface area contributed by atoms with Crippen LogP contribution in [0.5, 0.6) is 0 Å². The van der Waals surface area contributed by atoms with Crippen molar-refractivity contribution in [1.82, 2.24) is 10.2 Å². The topological polar surface area (TPSA) is 58.4 Å². The van der Waals surface area contributed by atoms with Crippen LogP contribution in [-0.2, 0) is 0 Å². The minimum absolute atomic E-state index is 0.129. The maximum absolute atomic E-state index is 11.3. The minimum atomic E-state index is -0.261. The van der Waals surface area contributed by atoms with Crippen molar-refractivity contribution in [1.29, 1.82) is 0 Å². The molecule has 1 aromatic rings. The molecular weight excluding hydrogens is 254 g/mol. The van der Waals surface area contributed by atoms with Crippen molar-refractivity contribution in [2.45, 2.75) is 32.4 Å². The van der Waals surface area contributed by atoms with E-state index in [2.05, 4.69) is 24.1 Å². The van der Waals surface area contributed by atoms with Gasteiger partial charge in [0.1, 0.15) is 0 Å². The highest BCUT2D eigenvalue weighted by molar-refractivity contribution is 5.43. The summed E-state index contributed by atoms with van der Waals surface area (Å²) < 4.78 is 0. The van der Waals surface area contributed by atoms with Gasteiger partial charge >= 0.3 is 0 Å². The van der Waals surface area contributed by atoms with E-state index in [4.69, 9.17) is 0 Å². The van der Waals surface area contributed by atoms with Crippen LogP contribution >= 0.6 is 0 Å². The largest absolute Gasteiger partial charge is 0.319 e. The standard InChI is InChI=1S/C15H23N3O2/c1-11(2)17-9-8-12(10-16-3)15(17)13-6-4-5-7-14(13)18(19)20/h4-7,11-12,15-16H,8-10H2,1-3H3. The summed E-state index contributed by atoms with van der Waals surface area (Å²) in [6, 6.07) is 7.68. The summed E-state index contributed by atoms with van der Waals surface area (Å²) in [6.45, 7) is 6.20. The first-order chi connectivity index (χ1) is 9.56. The fraction of sp³-hybridized carbons (Fsp3) is 0.600. The second kappa shape index (κ2) is 6.33. The number of nitro groups is 1. The zero-order valence-corrected chi connectivity index (χ0v) is 12.4. The molecular formula is C15H23N3O2. The van der Waals surface area contributed by atoms with Crippen LogP contribution in [0.25, 0.3) is 0 Å². The number of benzene rings is 1.